The van der Waals surface area contributed by atoms with Crippen LogP contribution < -0.4 is 5.73 Å². The highest BCUT2D eigenvalue weighted by molar-refractivity contribution is 5.83. The molecule has 0 unspecified atom stereocenters. The highest BCUT2D eigenvalue weighted by Crippen LogP contribution is 2.09. The van der Waals surface area contributed by atoms with Crippen LogP contribution in [0.15, 0.2) is 0 Å². The van der Waals surface area contributed by atoms with Crippen molar-refractivity contribution in [1.82, 2.24) is 4.90 Å². The molecule has 0 radical (unpaired) electrons. The molecule has 1 fully saturated rings. The normalized spacial score (nSPS) is 25.2. The molecule has 0 aromatic carbocycles. The molecule has 1 saturated heterocycles. The van der Waals surface area contributed by atoms with E-state index in [0.717, 1.165) is 25.5 Å². The molecule has 0 bridgehead atoms. The van der Waals surface area contributed by atoms with Crippen molar-refractivity contribution in [3.63, 3.8) is 0 Å². The van der Waals surface area contributed by atoms with Gasteiger partial charge in [0, 0.05) is 6.54 Å². The highest BCUT2D eigenvalue weighted by Gasteiger charge is 2.22. The SMILES string of the molecule is N[C@H]1CCCCN(CC=O)C1=O. The first kappa shape index (κ1) is 9.19. The van der Waals surface area contributed by atoms with E-state index in [1.807, 2.05) is 0 Å². The summed E-state index contributed by atoms with van der Waals surface area (Å²) in [7, 11) is 0. The van der Waals surface area contributed by atoms with Crippen LogP contribution in [0.4, 0.5) is 0 Å². The highest BCUT2D eigenvalue weighted by atomic mass is 16.2. The summed E-state index contributed by atoms with van der Waals surface area (Å²) in [6, 6.07) is -0.396. The Kier molecular flexibility index (Phi) is 3.22. The molecule has 12 heavy (non-hydrogen) atoms. The monoisotopic (exact) mass is 170 g/mol. The number of aldehydes is 1. The summed E-state index contributed by atoms with van der Waals surface area (Å²) in [5.74, 6) is -0.0837. The van der Waals surface area contributed by atoms with Crippen molar-refractivity contribution < 1.29 is 9.59 Å². The third kappa shape index (κ3) is 2.04. The molecule has 0 aliphatic carbocycles. The van der Waals surface area contributed by atoms with E-state index in [0.29, 0.717) is 6.54 Å². The van der Waals surface area contributed by atoms with Gasteiger partial charge in [0.1, 0.15) is 6.29 Å². The van der Waals surface area contributed by atoms with Crippen LogP contribution in [-0.2, 0) is 9.59 Å². The molecule has 1 atom stereocenters. The Morgan fingerprint density at radius 1 is 1.58 bits per heavy atom. The molecule has 4 nitrogen and oxygen atoms in total. The number of hydrogen-bond acceptors (Lipinski definition) is 3. The minimum atomic E-state index is -0.396. The summed E-state index contributed by atoms with van der Waals surface area (Å²) >= 11 is 0. The zero-order valence-electron chi connectivity index (χ0n) is 7.03. The van der Waals surface area contributed by atoms with E-state index in [2.05, 4.69) is 0 Å². The molecule has 1 rings (SSSR count). The van der Waals surface area contributed by atoms with Gasteiger partial charge in [-0.2, -0.15) is 0 Å². The van der Waals surface area contributed by atoms with E-state index >= 15 is 0 Å². The van der Waals surface area contributed by atoms with E-state index in [-0.39, 0.29) is 12.5 Å². The van der Waals surface area contributed by atoms with Crippen LogP contribution in [0.5, 0.6) is 0 Å². The summed E-state index contributed by atoms with van der Waals surface area (Å²) in [5.41, 5.74) is 5.59. The fourth-order valence-electron chi connectivity index (χ4n) is 1.41. The number of carbonyl (C=O) groups excluding carboxylic acids is 2. The lowest BCUT2D eigenvalue weighted by Gasteiger charge is -2.19. The lowest BCUT2D eigenvalue weighted by atomic mass is 10.1. The zero-order chi connectivity index (χ0) is 8.97. The molecule has 0 saturated carbocycles. The van der Waals surface area contributed by atoms with Crippen molar-refractivity contribution in [2.75, 3.05) is 13.1 Å². The minimum absolute atomic E-state index is 0.0837. The van der Waals surface area contributed by atoms with Gasteiger partial charge in [0.15, 0.2) is 0 Å². The number of rotatable bonds is 2. The first-order valence-corrected chi connectivity index (χ1v) is 4.23. The van der Waals surface area contributed by atoms with E-state index < -0.39 is 6.04 Å². The van der Waals surface area contributed by atoms with E-state index in [9.17, 15) is 9.59 Å². The average Bonchev–Trinajstić information content (AvgIpc) is 2.20. The standard InChI is InChI=1S/C8H14N2O2/c9-7-3-1-2-4-10(5-6-11)8(7)12/h6-7H,1-5,9H2/t7-/m0/s1. The van der Waals surface area contributed by atoms with Gasteiger partial charge >= 0.3 is 0 Å². The lowest BCUT2D eigenvalue weighted by Crippen LogP contribution is -2.43. The molecule has 4 heteroatoms. The number of nitrogens with zero attached hydrogens (tertiary/aromatic N) is 1. The third-order valence-electron chi connectivity index (χ3n) is 2.12. The number of nitrogens with two attached hydrogens (primary N) is 1. The first-order chi connectivity index (χ1) is 5.75. The van der Waals surface area contributed by atoms with Crippen molar-refractivity contribution in [3.8, 4) is 0 Å². The van der Waals surface area contributed by atoms with Gasteiger partial charge in [-0.1, -0.05) is 0 Å². The fourth-order valence-corrected chi connectivity index (χ4v) is 1.41. The predicted octanol–water partition coefficient (Wildman–Crippen LogP) is -0.475. The molecule has 0 aromatic heterocycles. The topological polar surface area (TPSA) is 63.4 Å². The molecular weight excluding hydrogens is 156 g/mol. The smallest absolute Gasteiger partial charge is 0.239 e. The maximum absolute atomic E-state index is 11.4. The molecule has 2 N–H and O–H groups in total. The molecular formula is C8H14N2O2. The Morgan fingerprint density at radius 2 is 2.33 bits per heavy atom. The van der Waals surface area contributed by atoms with Crippen molar-refractivity contribution in [2.24, 2.45) is 5.73 Å². The summed E-state index contributed by atoms with van der Waals surface area (Å²) in [6.07, 6.45) is 3.42. The number of amides is 1. The van der Waals surface area contributed by atoms with E-state index in [4.69, 9.17) is 5.73 Å². The maximum atomic E-state index is 11.4. The number of hydrogen-bond donors (Lipinski definition) is 1. The van der Waals surface area contributed by atoms with Gasteiger partial charge in [-0.05, 0) is 19.3 Å². The van der Waals surface area contributed by atoms with Crippen molar-refractivity contribution in [1.29, 1.82) is 0 Å². The number of carbonyl (C=O) groups is 2. The Labute approximate surface area is 71.7 Å². The lowest BCUT2D eigenvalue weighted by molar-refractivity contribution is -0.133. The Bertz CT molecular complexity index is 182. The minimum Gasteiger partial charge on any atom is -0.334 e. The second kappa shape index (κ2) is 4.21. The van der Waals surface area contributed by atoms with Crippen LogP contribution in [0.3, 0.4) is 0 Å². The first-order valence-electron chi connectivity index (χ1n) is 4.23. The summed E-state index contributed by atoms with van der Waals surface area (Å²) < 4.78 is 0. The molecule has 0 spiro atoms. The van der Waals surface area contributed by atoms with Gasteiger partial charge < -0.3 is 15.4 Å². The van der Waals surface area contributed by atoms with E-state index in [1.165, 1.54) is 4.90 Å². The van der Waals surface area contributed by atoms with Crippen molar-refractivity contribution >= 4 is 12.2 Å². The molecule has 1 aliphatic heterocycles. The van der Waals surface area contributed by atoms with Gasteiger partial charge in [-0.15, -0.1) is 0 Å². The summed E-state index contributed by atoms with van der Waals surface area (Å²) in [6.45, 7) is 0.859. The van der Waals surface area contributed by atoms with E-state index in [1.54, 1.807) is 0 Å². The Balaban J connectivity index is 2.57. The molecule has 1 aliphatic rings. The largest absolute Gasteiger partial charge is 0.334 e. The maximum Gasteiger partial charge on any atom is 0.239 e. The Morgan fingerprint density at radius 3 is 3.00 bits per heavy atom. The number of likely N-dealkylation sites (tertiary alicyclic amines) is 1. The van der Waals surface area contributed by atoms with Gasteiger partial charge in [-0.3, -0.25) is 4.79 Å². The summed E-state index contributed by atoms with van der Waals surface area (Å²) in [4.78, 5) is 23.1. The van der Waals surface area contributed by atoms with Crippen LogP contribution in [0.1, 0.15) is 19.3 Å². The summed E-state index contributed by atoms with van der Waals surface area (Å²) in [5, 5.41) is 0. The van der Waals surface area contributed by atoms with Crippen LogP contribution in [0, 0.1) is 0 Å². The van der Waals surface area contributed by atoms with Crippen LogP contribution in [0.25, 0.3) is 0 Å². The molecule has 1 amide bonds. The van der Waals surface area contributed by atoms with Crippen LogP contribution >= 0.6 is 0 Å². The van der Waals surface area contributed by atoms with Gasteiger partial charge in [0.05, 0.1) is 12.6 Å². The van der Waals surface area contributed by atoms with Crippen molar-refractivity contribution in [3.05, 3.63) is 0 Å². The second-order valence-electron chi connectivity index (χ2n) is 3.05. The average molecular weight is 170 g/mol. The molecule has 0 aromatic rings. The van der Waals surface area contributed by atoms with Gasteiger partial charge in [0.2, 0.25) is 5.91 Å². The van der Waals surface area contributed by atoms with Crippen molar-refractivity contribution in [2.45, 2.75) is 25.3 Å². The quantitative estimate of drug-likeness (QED) is 0.569. The molecule has 1 heterocycles. The predicted molar refractivity (Wildman–Crippen MR) is 44.5 cm³/mol. The fraction of sp³-hybridized carbons (Fsp3) is 0.750. The third-order valence-corrected chi connectivity index (χ3v) is 2.12. The Hall–Kier alpha value is -0.900. The molecule has 68 valence electrons. The van der Waals surface area contributed by atoms with Crippen LogP contribution in [-0.4, -0.2) is 36.2 Å². The van der Waals surface area contributed by atoms with Gasteiger partial charge in [0.25, 0.3) is 0 Å². The van der Waals surface area contributed by atoms with Gasteiger partial charge in [-0.25, -0.2) is 0 Å². The second-order valence-corrected chi connectivity index (χ2v) is 3.05. The zero-order valence-corrected chi connectivity index (χ0v) is 7.03. The van der Waals surface area contributed by atoms with Crippen LogP contribution in [0.2, 0.25) is 0 Å².